The van der Waals surface area contributed by atoms with Gasteiger partial charge in [-0.15, -0.1) is 3.89 Å². The van der Waals surface area contributed by atoms with Gasteiger partial charge >= 0.3 is 10.2 Å². The summed E-state index contributed by atoms with van der Waals surface area (Å²) in [5, 5.41) is 26.7. The highest BCUT2D eigenvalue weighted by Gasteiger charge is 2.18. The molecule has 0 aromatic heterocycles. The van der Waals surface area contributed by atoms with Gasteiger partial charge in [0, 0.05) is 0 Å². The van der Waals surface area contributed by atoms with Gasteiger partial charge in [-0.1, -0.05) is 12.1 Å². The van der Waals surface area contributed by atoms with Crippen LogP contribution in [0, 0.1) is 11.3 Å². The minimum absolute atomic E-state index is 0.126. The molecule has 0 heterocycles. The Balaban J connectivity index is 3.01. The fraction of sp³-hybridized carbons (Fsp3) is 0.222. The van der Waals surface area contributed by atoms with E-state index in [1.54, 1.807) is 0 Å². The average molecular weight is 245 g/mol. The second kappa shape index (κ2) is 4.57. The molecule has 0 bridgehead atoms. The van der Waals surface area contributed by atoms with Gasteiger partial charge in [-0.25, -0.2) is 0 Å². The van der Waals surface area contributed by atoms with Crippen LogP contribution in [0.5, 0.6) is 0 Å². The lowest BCUT2D eigenvalue weighted by atomic mass is 10.1. The highest BCUT2D eigenvalue weighted by molar-refractivity contribution is 7.86. The van der Waals surface area contributed by atoms with Crippen molar-refractivity contribution >= 4 is 10.2 Å². The quantitative estimate of drug-likeness (QED) is 0.588. The lowest BCUT2D eigenvalue weighted by Gasteiger charge is -2.11. The number of benzene rings is 1. The predicted octanol–water partition coefficient (Wildman–Crippen LogP) is 0.263. The number of nitriles is 1. The summed E-state index contributed by atoms with van der Waals surface area (Å²) in [5.41, 5.74) is 0.126. The van der Waals surface area contributed by atoms with E-state index >= 15 is 0 Å². The number of aliphatic hydroxyl groups excluding tert-OH is 2. The molecule has 2 N–H and O–H groups in total. The van der Waals surface area contributed by atoms with E-state index in [1.165, 1.54) is 6.07 Å². The minimum Gasteiger partial charge on any atom is -0.385 e. The van der Waals surface area contributed by atoms with Crippen LogP contribution < -0.4 is 0 Å². The van der Waals surface area contributed by atoms with E-state index in [1.807, 2.05) is 0 Å². The third kappa shape index (κ3) is 2.76. The minimum atomic E-state index is -4.78. The molecule has 1 aromatic rings. The van der Waals surface area contributed by atoms with Crippen LogP contribution in [-0.4, -0.2) is 24.7 Å². The summed E-state index contributed by atoms with van der Waals surface area (Å²) >= 11 is 0. The van der Waals surface area contributed by atoms with Gasteiger partial charge in [-0.05, 0) is 17.7 Å². The van der Waals surface area contributed by atoms with Gasteiger partial charge in [-0.3, -0.25) is 0 Å². The zero-order chi connectivity index (χ0) is 12.3. The van der Waals surface area contributed by atoms with Gasteiger partial charge in [0.1, 0.15) is 6.10 Å². The van der Waals surface area contributed by atoms with E-state index in [-0.39, 0.29) is 5.56 Å². The van der Waals surface area contributed by atoms with Crippen molar-refractivity contribution in [2.45, 2.75) is 17.1 Å². The lowest BCUT2D eigenvalue weighted by molar-refractivity contribution is 0.0527. The molecule has 86 valence electrons. The maximum absolute atomic E-state index is 12.5. The lowest BCUT2D eigenvalue weighted by Crippen LogP contribution is -2.15. The highest BCUT2D eigenvalue weighted by Crippen LogP contribution is 2.19. The monoisotopic (exact) mass is 245 g/mol. The smallest absolute Gasteiger partial charge is 0.332 e. The van der Waals surface area contributed by atoms with Crippen LogP contribution in [0.1, 0.15) is 11.7 Å². The molecule has 0 aliphatic rings. The van der Waals surface area contributed by atoms with Crippen molar-refractivity contribution in [2.24, 2.45) is 0 Å². The van der Waals surface area contributed by atoms with E-state index in [4.69, 9.17) is 10.4 Å². The van der Waals surface area contributed by atoms with Crippen LogP contribution in [0.2, 0.25) is 0 Å². The Labute approximate surface area is 91.6 Å². The van der Waals surface area contributed by atoms with E-state index in [0.717, 1.165) is 24.3 Å². The average Bonchev–Trinajstić information content (AvgIpc) is 2.26. The standard InChI is InChI=1S/C9H8FNO4S/c10-16(14,15)7-3-1-6(2-4-7)9(13)8(12)5-11/h1-4,8-9,12-13H. The fourth-order valence-electron chi connectivity index (χ4n) is 1.08. The first-order valence-corrected chi connectivity index (χ1v) is 5.55. The molecule has 16 heavy (non-hydrogen) atoms. The molecule has 0 aliphatic heterocycles. The van der Waals surface area contributed by atoms with E-state index in [2.05, 4.69) is 0 Å². The summed E-state index contributed by atoms with van der Waals surface area (Å²) in [6.07, 6.45) is -3.07. The maximum Gasteiger partial charge on any atom is 0.332 e. The Morgan fingerprint density at radius 1 is 1.25 bits per heavy atom. The van der Waals surface area contributed by atoms with Gasteiger partial charge in [0.25, 0.3) is 0 Å². The van der Waals surface area contributed by atoms with Crippen LogP contribution >= 0.6 is 0 Å². The molecule has 0 spiro atoms. The number of hydrogen-bond donors (Lipinski definition) is 2. The Kier molecular flexibility index (Phi) is 3.59. The molecule has 0 saturated heterocycles. The first-order chi connectivity index (χ1) is 7.36. The van der Waals surface area contributed by atoms with Crippen molar-refractivity contribution in [3.05, 3.63) is 29.8 Å². The molecule has 7 heteroatoms. The fourth-order valence-corrected chi connectivity index (χ4v) is 1.54. The largest absolute Gasteiger partial charge is 0.385 e. The molecule has 1 aromatic carbocycles. The maximum atomic E-state index is 12.5. The van der Waals surface area contributed by atoms with Crippen LogP contribution in [0.4, 0.5) is 3.89 Å². The van der Waals surface area contributed by atoms with Gasteiger partial charge in [0.05, 0.1) is 11.0 Å². The van der Waals surface area contributed by atoms with E-state index < -0.39 is 27.3 Å². The first-order valence-electron chi connectivity index (χ1n) is 4.16. The molecule has 2 atom stereocenters. The number of hydrogen-bond acceptors (Lipinski definition) is 5. The normalized spacial score (nSPS) is 15.1. The molecular weight excluding hydrogens is 237 g/mol. The number of nitrogens with zero attached hydrogens (tertiary/aromatic N) is 1. The molecule has 0 saturated carbocycles. The Bertz CT molecular complexity index is 505. The predicted molar refractivity (Wildman–Crippen MR) is 51.3 cm³/mol. The summed E-state index contributed by atoms with van der Waals surface area (Å²) < 4.78 is 33.4. The summed E-state index contributed by atoms with van der Waals surface area (Å²) in [5.74, 6) is 0. The molecular formula is C9H8FNO4S. The van der Waals surface area contributed by atoms with Crippen LogP contribution in [-0.2, 0) is 10.2 Å². The van der Waals surface area contributed by atoms with E-state index in [0.29, 0.717) is 0 Å². The molecule has 0 radical (unpaired) electrons. The van der Waals surface area contributed by atoms with Crippen LogP contribution in [0.3, 0.4) is 0 Å². The van der Waals surface area contributed by atoms with Crippen molar-refractivity contribution in [3.63, 3.8) is 0 Å². The second-order valence-corrected chi connectivity index (χ2v) is 4.37. The summed E-state index contributed by atoms with van der Waals surface area (Å²) in [7, 11) is -4.78. The Hall–Kier alpha value is -1.49. The summed E-state index contributed by atoms with van der Waals surface area (Å²) in [6, 6.07) is 5.55. The molecule has 0 amide bonds. The molecule has 2 unspecified atom stereocenters. The van der Waals surface area contributed by atoms with Crippen molar-refractivity contribution in [3.8, 4) is 6.07 Å². The summed E-state index contributed by atoms with van der Waals surface area (Å²) in [4.78, 5) is -0.546. The Morgan fingerprint density at radius 3 is 2.12 bits per heavy atom. The molecule has 0 aliphatic carbocycles. The molecule has 5 nitrogen and oxygen atoms in total. The van der Waals surface area contributed by atoms with Crippen molar-refractivity contribution in [1.82, 2.24) is 0 Å². The van der Waals surface area contributed by atoms with Crippen LogP contribution in [0.25, 0.3) is 0 Å². The third-order valence-electron chi connectivity index (χ3n) is 1.93. The van der Waals surface area contributed by atoms with Crippen molar-refractivity contribution < 1.29 is 22.5 Å². The number of aliphatic hydroxyl groups is 2. The highest BCUT2D eigenvalue weighted by atomic mass is 32.3. The number of halogens is 1. The van der Waals surface area contributed by atoms with Crippen molar-refractivity contribution in [2.75, 3.05) is 0 Å². The van der Waals surface area contributed by atoms with Crippen molar-refractivity contribution in [1.29, 1.82) is 5.26 Å². The van der Waals surface area contributed by atoms with E-state index in [9.17, 15) is 17.4 Å². The van der Waals surface area contributed by atoms with Gasteiger partial charge in [-0.2, -0.15) is 13.7 Å². The first kappa shape index (κ1) is 12.6. The van der Waals surface area contributed by atoms with Gasteiger partial charge < -0.3 is 10.2 Å². The number of rotatable bonds is 3. The van der Waals surface area contributed by atoms with Gasteiger partial charge in [0.15, 0.2) is 6.10 Å². The Morgan fingerprint density at radius 2 is 1.75 bits per heavy atom. The van der Waals surface area contributed by atoms with Crippen LogP contribution in [0.15, 0.2) is 29.2 Å². The summed E-state index contributed by atoms with van der Waals surface area (Å²) in [6.45, 7) is 0. The zero-order valence-corrected chi connectivity index (χ0v) is 8.72. The third-order valence-corrected chi connectivity index (χ3v) is 2.77. The topological polar surface area (TPSA) is 98.4 Å². The SMILES string of the molecule is N#CC(O)C(O)c1ccc(S(=O)(=O)F)cc1. The molecule has 0 fully saturated rings. The molecule has 1 rings (SSSR count). The second-order valence-electron chi connectivity index (χ2n) is 3.03. The van der Waals surface area contributed by atoms with Gasteiger partial charge in [0.2, 0.25) is 0 Å². The zero-order valence-electron chi connectivity index (χ0n) is 7.91.